The number of unbranched alkanes of at least 4 members (excludes halogenated alkanes) is 16. The number of phosphoric ester groups is 1. The van der Waals surface area contributed by atoms with Gasteiger partial charge >= 0.3 is 11.9 Å². The van der Waals surface area contributed by atoms with Gasteiger partial charge in [-0.3, -0.25) is 14.2 Å². The van der Waals surface area contributed by atoms with Crippen molar-refractivity contribution in [1.82, 2.24) is 0 Å². The Hall–Kier alpha value is -1.03. The summed E-state index contributed by atoms with van der Waals surface area (Å²) in [5, 5.41) is 18.1. The number of aliphatic hydroxyl groups is 2. The van der Waals surface area contributed by atoms with E-state index in [1.54, 1.807) is 0 Å². The van der Waals surface area contributed by atoms with Crippen LogP contribution in [-0.2, 0) is 32.7 Å². The first kappa shape index (κ1) is 40.0. The standard InChI is InChI=1S/C30H59O10P/c1-3-5-7-9-11-13-15-17-19-21-29(33)37-25-28(26-39-41(35,36)38-24-27(32)23-31)40-30(34)22-20-18-16-14-12-10-8-6-4-2/h27-28,31-32H,3-26H2,1-2H3,(H,35,36)/p-1. The molecule has 0 saturated carbocycles. The van der Waals surface area contributed by atoms with Gasteiger partial charge in [0.25, 0.3) is 7.82 Å². The average molecular weight is 610 g/mol. The Balaban J connectivity index is 4.46. The van der Waals surface area contributed by atoms with Crippen LogP contribution < -0.4 is 4.89 Å². The molecule has 0 radical (unpaired) electrons. The van der Waals surface area contributed by atoms with Crippen molar-refractivity contribution in [3.63, 3.8) is 0 Å². The predicted octanol–water partition coefficient (Wildman–Crippen LogP) is 6.14. The number of phosphoric acid groups is 1. The molecular formula is C30H58O10P-. The van der Waals surface area contributed by atoms with Gasteiger partial charge in [-0.1, -0.05) is 117 Å². The number of aliphatic hydroxyl groups excluding tert-OH is 2. The fourth-order valence-corrected chi connectivity index (χ4v) is 5.00. The molecule has 3 unspecified atom stereocenters. The predicted molar refractivity (Wildman–Crippen MR) is 157 cm³/mol. The zero-order chi connectivity index (χ0) is 30.6. The summed E-state index contributed by atoms with van der Waals surface area (Å²) in [7, 11) is -4.84. The van der Waals surface area contributed by atoms with Crippen molar-refractivity contribution >= 4 is 19.8 Å². The maximum atomic E-state index is 12.4. The van der Waals surface area contributed by atoms with Crippen LogP contribution in [0.1, 0.15) is 142 Å². The number of esters is 2. The molecule has 0 aliphatic carbocycles. The molecular weight excluding hydrogens is 551 g/mol. The lowest BCUT2D eigenvalue weighted by atomic mass is 10.1. The Kier molecular flexibility index (Phi) is 27.1. The monoisotopic (exact) mass is 609 g/mol. The van der Waals surface area contributed by atoms with Gasteiger partial charge in [-0.05, 0) is 12.8 Å². The summed E-state index contributed by atoms with van der Waals surface area (Å²) >= 11 is 0. The fraction of sp³-hybridized carbons (Fsp3) is 0.933. The van der Waals surface area contributed by atoms with Crippen LogP contribution in [0.3, 0.4) is 0 Å². The maximum absolute atomic E-state index is 12.4. The van der Waals surface area contributed by atoms with Crippen molar-refractivity contribution < 1.29 is 47.8 Å². The number of carbonyl (C=O) groups excluding carboxylic acids is 2. The van der Waals surface area contributed by atoms with E-state index in [2.05, 4.69) is 18.4 Å². The van der Waals surface area contributed by atoms with Crippen molar-refractivity contribution in [3.8, 4) is 0 Å². The van der Waals surface area contributed by atoms with E-state index in [4.69, 9.17) is 19.1 Å². The number of hydrogen-bond donors (Lipinski definition) is 2. The number of ether oxygens (including phenoxy) is 2. The Bertz CT molecular complexity index is 676. The minimum atomic E-state index is -4.84. The van der Waals surface area contributed by atoms with E-state index in [0.29, 0.717) is 12.8 Å². The van der Waals surface area contributed by atoms with Crippen LogP contribution in [0.5, 0.6) is 0 Å². The first-order valence-corrected chi connectivity index (χ1v) is 17.4. The first-order valence-electron chi connectivity index (χ1n) is 16.0. The summed E-state index contributed by atoms with van der Waals surface area (Å²) < 4.78 is 31.9. The third-order valence-electron chi connectivity index (χ3n) is 6.75. The molecule has 0 spiro atoms. The Morgan fingerprint density at radius 1 is 0.659 bits per heavy atom. The molecule has 2 N–H and O–H groups in total. The fourth-order valence-electron chi connectivity index (χ4n) is 4.22. The van der Waals surface area contributed by atoms with Crippen LogP contribution >= 0.6 is 7.82 Å². The van der Waals surface area contributed by atoms with Gasteiger partial charge in [0.2, 0.25) is 0 Å². The van der Waals surface area contributed by atoms with Gasteiger partial charge in [0.15, 0.2) is 6.10 Å². The van der Waals surface area contributed by atoms with Gasteiger partial charge in [0, 0.05) is 12.8 Å². The Morgan fingerprint density at radius 2 is 1.07 bits per heavy atom. The van der Waals surface area contributed by atoms with E-state index in [0.717, 1.165) is 38.5 Å². The molecule has 0 aromatic rings. The number of carbonyl (C=O) groups is 2. The third-order valence-corrected chi connectivity index (χ3v) is 7.68. The summed E-state index contributed by atoms with van der Waals surface area (Å²) in [5.41, 5.74) is 0. The van der Waals surface area contributed by atoms with Gasteiger partial charge in [0.1, 0.15) is 12.7 Å². The molecule has 0 fully saturated rings. The number of hydrogen-bond acceptors (Lipinski definition) is 10. The topological polar surface area (TPSA) is 152 Å². The van der Waals surface area contributed by atoms with Gasteiger partial charge in [-0.15, -0.1) is 0 Å². The second-order valence-corrected chi connectivity index (χ2v) is 12.2. The van der Waals surface area contributed by atoms with Gasteiger partial charge in [-0.25, -0.2) is 0 Å². The minimum Gasteiger partial charge on any atom is -0.756 e. The van der Waals surface area contributed by atoms with Crippen LogP contribution in [0.4, 0.5) is 0 Å². The lowest BCUT2D eigenvalue weighted by Gasteiger charge is -2.26. The van der Waals surface area contributed by atoms with Gasteiger partial charge < -0.3 is 33.6 Å². The highest BCUT2D eigenvalue weighted by atomic mass is 31.2. The second kappa shape index (κ2) is 27.8. The Labute approximate surface area is 248 Å². The van der Waals surface area contributed by atoms with E-state index in [1.807, 2.05) is 0 Å². The van der Waals surface area contributed by atoms with Gasteiger partial charge in [-0.2, -0.15) is 0 Å². The molecule has 0 aliphatic rings. The van der Waals surface area contributed by atoms with Crippen molar-refractivity contribution in [3.05, 3.63) is 0 Å². The minimum absolute atomic E-state index is 0.174. The lowest BCUT2D eigenvalue weighted by Crippen LogP contribution is -2.30. The molecule has 0 aromatic carbocycles. The quantitative estimate of drug-likeness (QED) is 0.0552. The van der Waals surface area contributed by atoms with Crippen LogP contribution in [0, 0.1) is 0 Å². The molecule has 10 nitrogen and oxygen atoms in total. The molecule has 3 atom stereocenters. The number of rotatable bonds is 30. The summed E-state index contributed by atoms with van der Waals surface area (Å²) in [6.45, 7) is 2.11. The van der Waals surface area contributed by atoms with Crippen LogP contribution in [0.15, 0.2) is 0 Å². The van der Waals surface area contributed by atoms with E-state index < -0.39 is 51.8 Å². The highest BCUT2D eigenvalue weighted by Crippen LogP contribution is 2.38. The third kappa shape index (κ3) is 27.5. The maximum Gasteiger partial charge on any atom is 0.306 e. The largest absolute Gasteiger partial charge is 0.756 e. The van der Waals surface area contributed by atoms with Crippen LogP contribution in [0.25, 0.3) is 0 Å². The molecule has 11 heteroatoms. The summed E-state index contributed by atoms with van der Waals surface area (Å²) in [5.74, 6) is -0.963. The van der Waals surface area contributed by atoms with E-state index in [-0.39, 0.29) is 19.4 Å². The van der Waals surface area contributed by atoms with Crippen LogP contribution in [0.2, 0.25) is 0 Å². The second-order valence-electron chi connectivity index (χ2n) is 10.8. The zero-order valence-corrected chi connectivity index (χ0v) is 26.6. The molecule has 0 saturated heterocycles. The summed E-state index contributed by atoms with van der Waals surface area (Å²) in [6, 6.07) is 0. The molecule has 0 heterocycles. The molecule has 41 heavy (non-hydrogen) atoms. The van der Waals surface area contributed by atoms with Crippen molar-refractivity contribution in [2.75, 3.05) is 26.4 Å². The normalized spacial score (nSPS) is 14.4. The molecule has 244 valence electrons. The molecule has 0 bridgehead atoms. The first-order chi connectivity index (χ1) is 19.7. The Morgan fingerprint density at radius 3 is 1.54 bits per heavy atom. The van der Waals surface area contributed by atoms with Crippen molar-refractivity contribution in [2.24, 2.45) is 0 Å². The molecule has 0 aromatic heterocycles. The van der Waals surface area contributed by atoms with Crippen LogP contribution in [-0.4, -0.2) is 60.8 Å². The SMILES string of the molecule is CCCCCCCCCCCC(=O)OCC(COP(=O)([O-])OCC(O)CO)OC(=O)CCCCCCCCCCC. The summed E-state index contributed by atoms with van der Waals surface area (Å²) in [6.07, 6.45) is 17.9. The summed E-state index contributed by atoms with van der Waals surface area (Å²) in [4.78, 5) is 36.6. The van der Waals surface area contributed by atoms with Gasteiger partial charge in [0.05, 0.1) is 19.8 Å². The van der Waals surface area contributed by atoms with Crippen molar-refractivity contribution in [2.45, 2.75) is 154 Å². The van der Waals surface area contributed by atoms with E-state index in [9.17, 15) is 24.2 Å². The average Bonchev–Trinajstić information content (AvgIpc) is 2.95. The lowest BCUT2D eigenvalue weighted by molar-refractivity contribution is -0.230. The molecule has 0 amide bonds. The molecule has 0 aliphatic heterocycles. The smallest absolute Gasteiger partial charge is 0.306 e. The highest BCUT2D eigenvalue weighted by molar-refractivity contribution is 7.45. The zero-order valence-electron chi connectivity index (χ0n) is 25.7. The van der Waals surface area contributed by atoms with E-state index >= 15 is 0 Å². The van der Waals surface area contributed by atoms with Crippen molar-refractivity contribution in [1.29, 1.82) is 0 Å². The van der Waals surface area contributed by atoms with E-state index in [1.165, 1.54) is 64.2 Å². The highest BCUT2D eigenvalue weighted by Gasteiger charge is 2.21. The molecule has 0 rings (SSSR count).